The van der Waals surface area contributed by atoms with Crippen LogP contribution in [0.15, 0.2) is 36.4 Å². The van der Waals surface area contributed by atoms with Crippen LogP contribution in [-0.2, 0) is 6.42 Å². The second kappa shape index (κ2) is 7.68. The van der Waals surface area contributed by atoms with Crippen molar-refractivity contribution in [2.75, 3.05) is 0 Å². The van der Waals surface area contributed by atoms with Crippen LogP contribution in [0.4, 0.5) is 0 Å². The van der Waals surface area contributed by atoms with E-state index in [9.17, 15) is 0 Å². The minimum Gasteiger partial charge on any atom is -0.490 e. The molecule has 0 saturated heterocycles. The van der Waals surface area contributed by atoms with Crippen molar-refractivity contribution in [3.63, 3.8) is 0 Å². The molecule has 0 N–H and O–H groups in total. The fourth-order valence-corrected chi connectivity index (χ4v) is 2.86. The van der Waals surface area contributed by atoms with Crippen LogP contribution in [-0.4, -0.2) is 6.10 Å². The number of rotatable bonds is 6. The molecule has 1 nitrogen and oxygen atoms in total. The smallest absolute Gasteiger partial charge is 0.125 e. The molecule has 2 aromatic carbocycles. The maximum atomic E-state index is 5.94. The van der Waals surface area contributed by atoms with E-state index in [0.29, 0.717) is 0 Å². The lowest BCUT2D eigenvalue weighted by Gasteiger charge is -2.17. The zero-order valence-electron chi connectivity index (χ0n) is 15.4. The Balaban J connectivity index is 2.21. The number of hydrogen-bond donors (Lipinski definition) is 0. The molecule has 0 aromatic heterocycles. The highest BCUT2D eigenvalue weighted by atomic mass is 16.5. The van der Waals surface area contributed by atoms with Crippen molar-refractivity contribution in [3.8, 4) is 16.9 Å². The molecule has 0 saturated carbocycles. The summed E-state index contributed by atoms with van der Waals surface area (Å²) in [5.41, 5.74) is 6.39. The second-order valence-corrected chi connectivity index (χ2v) is 7.24. The van der Waals surface area contributed by atoms with Crippen LogP contribution in [0.1, 0.15) is 50.8 Å². The molecule has 0 atom stereocenters. The summed E-state index contributed by atoms with van der Waals surface area (Å²) in [6.07, 6.45) is 2.62. The van der Waals surface area contributed by atoms with E-state index < -0.39 is 0 Å². The third-order valence-electron chi connectivity index (χ3n) is 4.11. The van der Waals surface area contributed by atoms with Crippen LogP contribution in [0.2, 0.25) is 0 Å². The van der Waals surface area contributed by atoms with Gasteiger partial charge < -0.3 is 4.74 Å². The first-order valence-electron chi connectivity index (χ1n) is 8.74. The maximum absolute atomic E-state index is 5.94. The summed E-state index contributed by atoms with van der Waals surface area (Å²) in [7, 11) is 0. The van der Waals surface area contributed by atoms with Crippen molar-refractivity contribution < 1.29 is 4.74 Å². The first kappa shape index (κ1) is 17.6. The zero-order valence-corrected chi connectivity index (χ0v) is 15.4. The maximum Gasteiger partial charge on any atom is 0.125 e. The van der Waals surface area contributed by atoms with Crippen molar-refractivity contribution >= 4 is 0 Å². The molecule has 0 radical (unpaired) electrons. The Bertz CT molecular complexity index is 613. The molecule has 0 aliphatic carbocycles. The first-order chi connectivity index (χ1) is 10.9. The first-order valence-corrected chi connectivity index (χ1v) is 8.74. The molecular weight excluding hydrogens is 280 g/mol. The van der Waals surface area contributed by atoms with E-state index in [4.69, 9.17) is 4.74 Å². The zero-order chi connectivity index (χ0) is 17.0. The monoisotopic (exact) mass is 310 g/mol. The van der Waals surface area contributed by atoms with Gasteiger partial charge in [-0.25, -0.2) is 0 Å². The van der Waals surface area contributed by atoms with E-state index in [0.717, 1.165) is 18.1 Å². The van der Waals surface area contributed by atoms with Crippen molar-refractivity contribution in [1.82, 2.24) is 0 Å². The van der Waals surface area contributed by atoms with Gasteiger partial charge in [0, 0.05) is 0 Å². The Labute approximate surface area is 141 Å². The molecule has 124 valence electrons. The lowest BCUT2D eigenvalue weighted by atomic mass is 9.97. The van der Waals surface area contributed by atoms with E-state index in [-0.39, 0.29) is 6.10 Å². The lowest BCUT2D eigenvalue weighted by Crippen LogP contribution is -2.08. The van der Waals surface area contributed by atoms with Crippen molar-refractivity contribution in [2.24, 2.45) is 5.92 Å². The quantitative estimate of drug-likeness (QED) is 0.604. The lowest BCUT2D eigenvalue weighted by molar-refractivity contribution is 0.239. The summed E-state index contributed by atoms with van der Waals surface area (Å²) in [5.74, 6) is 1.78. The number of hydrogen-bond acceptors (Lipinski definition) is 1. The Morgan fingerprint density at radius 3 is 1.87 bits per heavy atom. The van der Waals surface area contributed by atoms with E-state index in [1.165, 1.54) is 34.2 Å². The molecule has 2 aromatic rings. The normalized spacial score (nSPS) is 11.3. The standard InChI is InChI=1S/C22H30O/c1-15(2)7-8-19-9-11-20(12-10-19)21-13-17(5)22(18(6)14-21)23-16(3)4/h9-16H,7-8H2,1-6H3. The van der Waals surface area contributed by atoms with Gasteiger partial charge in [-0.15, -0.1) is 0 Å². The molecular formula is C22H30O. The van der Waals surface area contributed by atoms with Gasteiger partial charge in [-0.3, -0.25) is 0 Å². The predicted octanol–water partition coefficient (Wildman–Crippen LogP) is 6.35. The fraction of sp³-hybridized carbons (Fsp3) is 0.455. The average molecular weight is 310 g/mol. The van der Waals surface area contributed by atoms with E-state index >= 15 is 0 Å². The van der Waals surface area contributed by atoms with Gasteiger partial charge >= 0.3 is 0 Å². The Morgan fingerprint density at radius 1 is 0.826 bits per heavy atom. The van der Waals surface area contributed by atoms with Crippen molar-refractivity contribution in [1.29, 1.82) is 0 Å². The minimum atomic E-state index is 0.207. The second-order valence-electron chi connectivity index (χ2n) is 7.24. The average Bonchev–Trinajstić information content (AvgIpc) is 2.49. The van der Waals surface area contributed by atoms with Crippen LogP contribution < -0.4 is 4.74 Å². The van der Waals surface area contributed by atoms with Crippen molar-refractivity contribution in [2.45, 2.75) is 60.5 Å². The topological polar surface area (TPSA) is 9.23 Å². The van der Waals surface area contributed by atoms with E-state index in [1.807, 2.05) is 0 Å². The van der Waals surface area contributed by atoms with Crippen LogP contribution in [0, 0.1) is 19.8 Å². The largest absolute Gasteiger partial charge is 0.490 e. The van der Waals surface area contributed by atoms with Crippen LogP contribution in [0.3, 0.4) is 0 Å². The molecule has 0 unspecified atom stereocenters. The van der Waals surface area contributed by atoms with Gasteiger partial charge in [0.15, 0.2) is 0 Å². The molecule has 0 fully saturated rings. The number of ether oxygens (including phenoxy) is 1. The Hall–Kier alpha value is -1.76. The highest BCUT2D eigenvalue weighted by molar-refractivity contribution is 5.67. The summed E-state index contributed by atoms with van der Waals surface area (Å²) >= 11 is 0. The number of aryl methyl sites for hydroxylation is 3. The van der Waals surface area contributed by atoms with Crippen LogP contribution >= 0.6 is 0 Å². The minimum absolute atomic E-state index is 0.207. The van der Waals surface area contributed by atoms with Gasteiger partial charge in [0.25, 0.3) is 0 Å². The predicted molar refractivity (Wildman–Crippen MR) is 100 cm³/mol. The van der Waals surface area contributed by atoms with Crippen LogP contribution in [0.5, 0.6) is 5.75 Å². The molecule has 0 aliphatic rings. The van der Waals surface area contributed by atoms with Gasteiger partial charge in [-0.1, -0.05) is 38.1 Å². The summed E-state index contributed by atoms with van der Waals surface area (Å²) in [6.45, 7) is 13.0. The Morgan fingerprint density at radius 2 is 1.39 bits per heavy atom. The van der Waals surface area contributed by atoms with Gasteiger partial charge in [0.2, 0.25) is 0 Å². The van der Waals surface area contributed by atoms with Crippen LogP contribution in [0.25, 0.3) is 11.1 Å². The van der Waals surface area contributed by atoms with Gasteiger partial charge in [-0.05, 0) is 86.4 Å². The molecule has 2 rings (SSSR count). The van der Waals surface area contributed by atoms with Gasteiger partial charge in [-0.2, -0.15) is 0 Å². The summed E-state index contributed by atoms with van der Waals surface area (Å²) in [4.78, 5) is 0. The molecule has 0 amide bonds. The molecule has 0 bridgehead atoms. The molecule has 23 heavy (non-hydrogen) atoms. The Kier molecular flexibility index (Phi) is 5.87. The van der Waals surface area contributed by atoms with Crippen molar-refractivity contribution in [3.05, 3.63) is 53.1 Å². The summed E-state index contributed by atoms with van der Waals surface area (Å²) < 4.78 is 5.94. The van der Waals surface area contributed by atoms with Gasteiger partial charge in [0.05, 0.1) is 6.10 Å². The summed E-state index contributed by atoms with van der Waals surface area (Å²) in [5, 5.41) is 0. The molecule has 0 spiro atoms. The van der Waals surface area contributed by atoms with E-state index in [2.05, 4.69) is 77.9 Å². The summed E-state index contributed by atoms with van der Waals surface area (Å²) in [6, 6.07) is 13.5. The highest BCUT2D eigenvalue weighted by Gasteiger charge is 2.09. The third kappa shape index (κ3) is 4.86. The fourth-order valence-electron chi connectivity index (χ4n) is 2.86. The highest BCUT2D eigenvalue weighted by Crippen LogP contribution is 2.31. The third-order valence-corrected chi connectivity index (χ3v) is 4.11. The van der Waals surface area contributed by atoms with Gasteiger partial charge in [0.1, 0.15) is 5.75 Å². The molecule has 0 aliphatic heterocycles. The molecule has 1 heteroatoms. The number of benzene rings is 2. The van der Waals surface area contributed by atoms with E-state index in [1.54, 1.807) is 0 Å². The molecule has 0 heterocycles. The SMILES string of the molecule is Cc1cc(-c2ccc(CCC(C)C)cc2)cc(C)c1OC(C)C.